The molecule has 1 N–H and O–H groups in total. The summed E-state index contributed by atoms with van der Waals surface area (Å²) in [5.41, 5.74) is 0.590. The molecular weight excluding hydrogens is 298 g/mol. The largest absolute Gasteiger partial charge is 0.388 e. The molecular formula is C17H22ClN3O. The molecule has 0 radical (unpaired) electrons. The third-order valence-corrected chi connectivity index (χ3v) is 4.89. The van der Waals surface area contributed by atoms with E-state index in [4.69, 9.17) is 11.6 Å². The van der Waals surface area contributed by atoms with Gasteiger partial charge < -0.3 is 5.11 Å². The molecule has 118 valence electrons. The minimum atomic E-state index is -0.753. The second-order valence-corrected chi connectivity index (χ2v) is 7.71. The standard InChI is InChI=1S/C17H22ClN3O/c1-16(2)8-14(7-13-3-5-15(18)6-4-13)17(22,9-16)10-21-12-19-11-20-21/h3-6,11-12,14,22H,7-10H2,1-2H3. The van der Waals surface area contributed by atoms with Crippen molar-refractivity contribution in [3.63, 3.8) is 0 Å². The smallest absolute Gasteiger partial charge is 0.137 e. The number of rotatable bonds is 4. The van der Waals surface area contributed by atoms with Crippen LogP contribution in [-0.4, -0.2) is 25.5 Å². The first-order chi connectivity index (χ1) is 10.4. The molecule has 1 aromatic carbocycles. The fourth-order valence-electron chi connectivity index (χ4n) is 3.85. The van der Waals surface area contributed by atoms with Gasteiger partial charge in [-0.05, 0) is 48.3 Å². The summed E-state index contributed by atoms with van der Waals surface area (Å²) in [6.45, 7) is 4.94. The quantitative estimate of drug-likeness (QED) is 0.940. The van der Waals surface area contributed by atoms with Crippen molar-refractivity contribution in [1.29, 1.82) is 0 Å². The van der Waals surface area contributed by atoms with Gasteiger partial charge in [-0.1, -0.05) is 37.6 Å². The van der Waals surface area contributed by atoms with Crippen molar-refractivity contribution in [2.45, 2.75) is 45.3 Å². The summed E-state index contributed by atoms with van der Waals surface area (Å²) in [7, 11) is 0. The third kappa shape index (κ3) is 3.33. The van der Waals surface area contributed by atoms with Crippen LogP contribution in [0, 0.1) is 11.3 Å². The summed E-state index contributed by atoms with van der Waals surface area (Å²) < 4.78 is 1.73. The molecule has 0 amide bonds. The topological polar surface area (TPSA) is 50.9 Å². The zero-order valence-corrected chi connectivity index (χ0v) is 13.8. The number of benzene rings is 1. The van der Waals surface area contributed by atoms with E-state index < -0.39 is 5.60 Å². The minimum absolute atomic E-state index is 0.131. The molecule has 1 fully saturated rings. The van der Waals surface area contributed by atoms with Gasteiger partial charge in [0.2, 0.25) is 0 Å². The normalized spacial score (nSPS) is 27.2. The van der Waals surface area contributed by atoms with E-state index in [0.29, 0.717) is 6.54 Å². The summed E-state index contributed by atoms with van der Waals surface area (Å²) in [5, 5.41) is 16.2. The number of halogens is 1. The van der Waals surface area contributed by atoms with Gasteiger partial charge >= 0.3 is 0 Å². The Hall–Kier alpha value is -1.39. The van der Waals surface area contributed by atoms with Gasteiger partial charge in [-0.2, -0.15) is 5.10 Å². The molecule has 22 heavy (non-hydrogen) atoms. The SMILES string of the molecule is CC1(C)CC(Cc2ccc(Cl)cc2)C(O)(Cn2cncn2)C1. The summed E-state index contributed by atoms with van der Waals surface area (Å²) >= 11 is 5.96. The predicted molar refractivity (Wildman–Crippen MR) is 86.6 cm³/mol. The average molecular weight is 320 g/mol. The van der Waals surface area contributed by atoms with Crippen molar-refractivity contribution >= 4 is 11.6 Å². The van der Waals surface area contributed by atoms with E-state index in [2.05, 4.69) is 23.9 Å². The van der Waals surface area contributed by atoms with Gasteiger partial charge in [0.15, 0.2) is 0 Å². The Balaban J connectivity index is 1.81. The van der Waals surface area contributed by atoms with Gasteiger partial charge in [0.1, 0.15) is 12.7 Å². The molecule has 0 spiro atoms. The highest BCUT2D eigenvalue weighted by Crippen LogP contribution is 2.49. The van der Waals surface area contributed by atoms with Crippen LogP contribution in [0.15, 0.2) is 36.9 Å². The number of aliphatic hydroxyl groups is 1. The molecule has 2 unspecified atom stereocenters. The molecule has 1 aliphatic carbocycles. The second kappa shape index (κ2) is 5.67. The zero-order chi connectivity index (χ0) is 15.8. The molecule has 2 atom stereocenters. The van der Waals surface area contributed by atoms with Crippen LogP contribution in [0.5, 0.6) is 0 Å². The van der Waals surface area contributed by atoms with E-state index in [0.717, 1.165) is 24.3 Å². The molecule has 1 aromatic heterocycles. The first-order valence-corrected chi connectivity index (χ1v) is 8.03. The molecule has 0 saturated heterocycles. The Kier molecular flexibility index (Phi) is 4.00. The van der Waals surface area contributed by atoms with Crippen LogP contribution in [0.3, 0.4) is 0 Å². The average Bonchev–Trinajstić information content (AvgIpc) is 2.99. The summed E-state index contributed by atoms with van der Waals surface area (Å²) in [6, 6.07) is 7.91. The van der Waals surface area contributed by atoms with Gasteiger partial charge in [-0.3, -0.25) is 4.68 Å². The summed E-state index contributed by atoms with van der Waals surface area (Å²) in [5.74, 6) is 0.202. The van der Waals surface area contributed by atoms with Crippen molar-refractivity contribution in [1.82, 2.24) is 14.8 Å². The maximum Gasteiger partial charge on any atom is 0.137 e. The molecule has 0 aliphatic heterocycles. The Labute approximate surface area is 136 Å². The zero-order valence-electron chi connectivity index (χ0n) is 13.0. The molecule has 1 saturated carbocycles. The van der Waals surface area contributed by atoms with Crippen LogP contribution in [0.1, 0.15) is 32.3 Å². The van der Waals surface area contributed by atoms with Crippen molar-refractivity contribution in [3.05, 3.63) is 47.5 Å². The highest BCUT2D eigenvalue weighted by Gasteiger charge is 2.49. The monoisotopic (exact) mass is 319 g/mol. The molecule has 3 rings (SSSR count). The number of nitrogens with zero attached hydrogens (tertiary/aromatic N) is 3. The summed E-state index contributed by atoms with van der Waals surface area (Å²) in [4.78, 5) is 3.98. The van der Waals surface area contributed by atoms with Crippen LogP contribution in [-0.2, 0) is 13.0 Å². The predicted octanol–water partition coefficient (Wildman–Crippen LogP) is 3.34. The lowest BCUT2D eigenvalue weighted by molar-refractivity contribution is -0.0206. The fourth-order valence-corrected chi connectivity index (χ4v) is 3.98. The second-order valence-electron chi connectivity index (χ2n) is 7.27. The van der Waals surface area contributed by atoms with Gasteiger partial charge in [-0.25, -0.2) is 4.98 Å². The third-order valence-electron chi connectivity index (χ3n) is 4.64. The van der Waals surface area contributed by atoms with E-state index >= 15 is 0 Å². The van der Waals surface area contributed by atoms with Crippen molar-refractivity contribution in [3.8, 4) is 0 Å². The van der Waals surface area contributed by atoms with Gasteiger partial charge in [0, 0.05) is 5.02 Å². The van der Waals surface area contributed by atoms with E-state index in [1.54, 1.807) is 11.0 Å². The highest BCUT2D eigenvalue weighted by molar-refractivity contribution is 6.30. The van der Waals surface area contributed by atoms with Crippen LogP contribution < -0.4 is 0 Å². The van der Waals surface area contributed by atoms with Crippen LogP contribution in [0.2, 0.25) is 5.02 Å². The first-order valence-electron chi connectivity index (χ1n) is 7.66. The van der Waals surface area contributed by atoms with Crippen LogP contribution in [0.25, 0.3) is 0 Å². The first kappa shape index (κ1) is 15.5. The number of hydrogen-bond acceptors (Lipinski definition) is 3. The van der Waals surface area contributed by atoms with E-state index in [9.17, 15) is 5.11 Å². The van der Waals surface area contributed by atoms with Crippen molar-refractivity contribution in [2.24, 2.45) is 11.3 Å². The molecule has 4 nitrogen and oxygen atoms in total. The van der Waals surface area contributed by atoms with E-state index in [1.807, 2.05) is 24.3 Å². The molecule has 5 heteroatoms. The van der Waals surface area contributed by atoms with Gasteiger partial charge in [0.25, 0.3) is 0 Å². The Morgan fingerprint density at radius 3 is 2.68 bits per heavy atom. The lowest BCUT2D eigenvalue weighted by atomic mass is 9.85. The lowest BCUT2D eigenvalue weighted by Crippen LogP contribution is -2.39. The van der Waals surface area contributed by atoms with Crippen LogP contribution in [0.4, 0.5) is 0 Å². The maximum absolute atomic E-state index is 11.3. The Bertz CT molecular complexity index is 624. The number of aromatic nitrogens is 3. The van der Waals surface area contributed by atoms with Crippen LogP contribution >= 0.6 is 11.6 Å². The maximum atomic E-state index is 11.3. The van der Waals surface area contributed by atoms with E-state index in [-0.39, 0.29) is 11.3 Å². The highest BCUT2D eigenvalue weighted by atomic mass is 35.5. The van der Waals surface area contributed by atoms with Gasteiger partial charge in [0.05, 0.1) is 12.1 Å². The molecule has 1 aliphatic rings. The Morgan fingerprint density at radius 1 is 1.32 bits per heavy atom. The van der Waals surface area contributed by atoms with Gasteiger partial charge in [-0.15, -0.1) is 0 Å². The minimum Gasteiger partial charge on any atom is -0.388 e. The molecule has 1 heterocycles. The summed E-state index contributed by atoms with van der Waals surface area (Å²) in [6.07, 6.45) is 5.81. The fraction of sp³-hybridized carbons (Fsp3) is 0.529. The number of hydrogen-bond donors (Lipinski definition) is 1. The Morgan fingerprint density at radius 2 is 2.05 bits per heavy atom. The van der Waals surface area contributed by atoms with Crippen molar-refractivity contribution < 1.29 is 5.11 Å². The molecule has 0 bridgehead atoms. The lowest BCUT2D eigenvalue weighted by Gasteiger charge is -2.30. The van der Waals surface area contributed by atoms with Crippen molar-refractivity contribution in [2.75, 3.05) is 0 Å². The molecule has 2 aromatic rings. The van der Waals surface area contributed by atoms with E-state index in [1.165, 1.54) is 11.9 Å².